The molecule has 0 radical (unpaired) electrons. The standard InChI is InChI=1S/C10H17N3O/c1-8(11)9-4-3-6-13(9)7-5-10(14)12-2/h3-4,6,8H,5,7,11H2,1-2H3,(H,12,14). The Morgan fingerprint density at radius 1 is 1.71 bits per heavy atom. The van der Waals surface area contributed by atoms with Crippen molar-refractivity contribution in [3.05, 3.63) is 24.0 Å². The lowest BCUT2D eigenvalue weighted by Gasteiger charge is -2.11. The van der Waals surface area contributed by atoms with E-state index in [2.05, 4.69) is 5.32 Å². The first-order valence-corrected chi connectivity index (χ1v) is 4.76. The first kappa shape index (κ1) is 10.8. The van der Waals surface area contributed by atoms with Crippen LogP contribution in [0.4, 0.5) is 0 Å². The maximum absolute atomic E-state index is 11.0. The highest BCUT2D eigenvalue weighted by Gasteiger charge is 2.06. The van der Waals surface area contributed by atoms with E-state index in [1.165, 1.54) is 0 Å². The van der Waals surface area contributed by atoms with Crippen molar-refractivity contribution in [1.29, 1.82) is 0 Å². The first-order valence-electron chi connectivity index (χ1n) is 4.76. The normalized spacial score (nSPS) is 12.5. The first-order chi connectivity index (χ1) is 6.65. The summed E-state index contributed by atoms with van der Waals surface area (Å²) in [5.41, 5.74) is 6.84. The SMILES string of the molecule is CNC(=O)CCn1cccc1C(C)N. The maximum Gasteiger partial charge on any atom is 0.221 e. The summed E-state index contributed by atoms with van der Waals surface area (Å²) < 4.78 is 2.01. The van der Waals surface area contributed by atoms with Crippen LogP contribution < -0.4 is 11.1 Å². The van der Waals surface area contributed by atoms with E-state index in [4.69, 9.17) is 5.73 Å². The Bertz CT molecular complexity index is 304. The van der Waals surface area contributed by atoms with Gasteiger partial charge in [0.25, 0.3) is 0 Å². The van der Waals surface area contributed by atoms with Crippen LogP contribution in [-0.4, -0.2) is 17.5 Å². The molecule has 0 bridgehead atoms. The van der Waals surface area contributed by atoms with Crippen LogP contribution in [0, 0.1) is 0 Å². The maximum atomic E-state index is 11.0. The Morgan fingerprint density at radius 3 is 3.00 bits per heavy atom. The molecule has 3 N–H and O–H groups in total. The van der Waals surface area contributed by atoms with E-state index in [1.807, 2.05) is 29.8 Å². The van der Waals surface area contributed by atoms with E-state index in [0.717, 1.165) is 5.69 Å². The van der Waals surface area contributed by atoms with Gasteiger partial charge in [-0.3, -0.25) is 4.79 Å². The zero-order valence-electron chi connectivity index (χ0n) is 8.66. The summed E-state index contributed by atoms with van der Waals surface area (Å²) in [5, 5.41) is 2.59. The molecule has 0 saturated carbocycles. The van der Waals surface area contributed by atoms with Crippen LogP contribution >= 0.6 is 0 Å². The lowest BCUT2D eigenvalue weighted by Crippen LogP contribution is -2.20. The van der Waals surface area contributed by atoms with Crippen LogP contribution in [0.25, 0.3) is 0 Å². The number of nitrogens with one attached hydrogen (secondary N) is 1. The summed E-state index contributed by atoms with van der Waals surface area (Å²) in [6, 6.07) is 3.94. The lowest BCUT2D eigenvalue weighted by molar-refractivity contribution is -0.120. The van der Waals surface area contributed by atoms with Gasteiger partial charge in [-0.2, -0.15) is 0 Å². The molecule has 1 aromatic rings. The average molecular weight is 195 g/mol. The fourth-order valence-corrected chi connectivity index (χ4v) is 1.39. The second kappa shape index (κ2) is 4.81. The van der Waals surface area contributed by atoms with Crippen molar-refractivity contribution in [1.82, 2.24) is 9.88 Å². The summed E-state index contributed by atoms with van der Waals surface area (Å²) in [4.78, 5) is 11.0. The zero-order chi connectivity index (χ0) is 10.6. The largest absolute Gasteiger partial charge is 0.359 e. The van der Waals surface area contributed by atoms with E-state index >= 15 is 0 Å². The van der Waals surface area contributed by atoms with Crippen molar-refractivity contribution in [2.24, 2.45) is 5.73 Å². The Balaban J connectivity index is 2.58. The summed E-state index contributed by atoms with van der Waals surface area (Å²) in [5.74, 6) is 0.0503. The molecule has 1 aromatic heterocycles. The van der Waals surface area contributed by atoms with Gasteiger partial charge in [-0.15, -0.1) is 0 Å². The molecule has 1 amide bonds. The van der Waals surface area contributed by atoms with Crippen LogP contribution in [0.1, 0.15) is 25.1 Å². The van der Waals surface area contributed by atoms with Crippen LogP contribution in [0.15, 0.2) is 18.3 Å². The summed E-state index contributed by atoms with van der Waals surface area (Å²) in [6.07, 6.45) is 2.44. The van der Waals surface area contributed by atoms with Gasteiger partial charge in [0.15, 0.2) is 0 Å². The van der Waals surface area contributed by atoms with Crippen molar-refractivity contribution < 1.29 is 4.79 Å². The number of hydrogen-bond donors (Lipinski definition) is 2. The third-order valence-electron chi connectivity index (χ3n) is 2.19. The van der Waals surface area contributed by atoms with Gasteiger partial charge in [-0.25, -0.2) is 0 Å². The van der Waals surface area contributed by atoms with E-state index < -0.39 is 0 Å². The molecule has 0 fully saturated rings. The van der Waals surface area contributed by atoms with Crippen molar-refractivity contribution in [3.8, 4) is 0 Å². The summed E-state index contributed by atoms with van der Waals surface area (Å²) in [6.45, 7) is 2.62. The molecule has 4 heteroatoms. The Hall–Kier alpha value is -1.29. The van der Waals surface area contributed by atoms with Gasteiger partial charge in [-0.1, -0.05) is 0 Å². The molecule has 0 aromatic carbocycles. The van der Waals surface area contributed by atoms with Crippen LogP contribution in [0.5, 0.6) is 0 Å². The molecule has 0 aliphatic rings. The number of rotatable bonds is 4. The molecule has 0 aliphatic heterocycles. The fraction of sp³-hybridized carbons (Fsp3) is 0.500. The Morgan fingerprint density at radius 2 is 2.43 bits per heavy atom. The second-order valence-corrected chi connectivity index (χ2v) is 3.34. The van der Waals surface area contributed by atoms with E-state index in [0.29, 0.717) is 13.0 Å². The Kier molecular flexibility index (Phi) is 3.71. The predicted octanol–water partition coefficient (Wildman–Crippen LogP) is 0.644. The number of nitrogens with two attached hydrogens (primary N) is 1. The van der Waals surface area contributed by atoms with Gasteiger partial charge in [0.1, 0.15) is 0 Å². The summed E-state index contributed by atoms with van der Waals surface area (Å²) >= 11 is 0. The number of aryl methyl sites for hydroxylation is 1. The average Bonchev–Trinajstić information content (AvgIpc) is 2.62. The fourth-order valence-electron chi connectivity index (χ4n) is 1.39. The van der Waals surface area contributed by atoms with E-state index in [-0.39, 0.29) is 11.9 Å². The van der Waals surface area contributed by atoms with Crippen LogP contribution in [-0.2, 0) is 11.3 Å². The number of amides is 1. The topological polar surface area (TPSA) is 60.0 Å². The highest BCUT2D eigenvalue weighted by Crippen LogP contribution is 2.10. The minimum atomic E-state index is 0.00897. The zero-order valence-corrected chi connectivity index (χ0v) is 8.66. The van der Waals surface area contributed by atoms with Gasteiger partial charge in [-0.05, 0) is 19.1 Å². The molecule has 1 rings (SSSR count). The Labute approximate surface area is 84.1 Å². The van der Waals surface area contributed by atoms with Crippen molar-refractivity contribution >= 4 is 5.91 Å². The van der Waals surface area contributed by atoms with Crippen molar-refractivity contribution in [3.63, 3.8) is 0 Å². The molecule has 1 heterocycles. The van der Waals surface area contributed by atoms with Crippen molar-refractivity contribution in [2.75, 3.05) is 7.05 Å². The number of carbonyl (C=O) groups excluding carboxylic acids is 1. The van der Waals surface area contributed by atoms with Crippen LogP contribution in [0.3, 0.4) is 0 Å². The highest BCUT2D eigenvalue weighted by molar-refractivity contribution is 5.75. The number of carbonyl (C=O) groups is 1. The predicted molar refractivity (Wildman–Crippen MR) is 55.7 cm³/mol. The number of aromatic nitrogens is 1. The molecule has 0 aliphatic carbocycles. The van der Waals surface area contributed by atoms with Gasteiger partial charge in [0.2, 0.25) is 5.91 Å². The minimum Gasteiger partial charge on any atom is -0.359 e. The minimum absolute atomic E-state index is 0.00897. The second-order valence-electron chi connectivity index (χ2n) is 3.34. The molecule has 14 heavy (non-hydrogen) atoms. The quantitative estimate of drug-likeness (QED) is 0.740. The van der Waals surface area contributed by atoms with E-state index in [1.54, 1.807) is 7.05 Å². The molecular formula is C10H17N3O. The highest BCUT2D eigenvalue weighted by atomic mass is 16.1. The smallest absolute Gasteiger partial charge is 0.221 e. The lowest BCUT2D eigenvalue weighted by atomic mass is 10.2. The third-order valence-corrected chi connectivity index (χ3v) is 2.19. The molecular weight excluding hydrogens is 178 g/mol. The third kappa shape index (κ3) is 2.60. The van der Waals surface area contributed by atoms with Gasteiger partial charge < -0.3 is 15.6 Å². The molecule has 78 valence electrons. The number of hydrogen-bond acceptors (Lipinski definition) is 2. The van der Waals surface area contributed by atoms with Gasteiger partial charge in [0.05, 0.1) is 0 Å². The van der Waals surface area contributed by atoms with Gasteiger partial charge in [0, 0.05) is 37.9 Å². The molecule has 0 spiro atoms. The van der Waals surface area contributed by atoms with Crippen molar-refractivity contribution in [2.45, 2.75) is 25.9 Å². The number of nitrogens with zero attached hydrogens (tertiary/aromatic N) is 1. The molecule has 0 saturated heterocycles. The summed E-state index contributed by atoms with van der Waals surface area (Å²) in [7, 11) is 1.64. The molecule has 1 atom stereocenters. The van der Waals surface area contributed by atoms with Gasteiger partial charge >= 0.3 is 0 Å². The molecule has 1 unspecified atom stereocenters. The van der Waals surface area contributed by atoms with Crippen LogP contribution in [0.2, 0.25) is 0 Å². The monoisotopic (exact) mass is 195 g/mol. The van der Waals surface area contributed by atoms with E-state index in [9.17, 15) is 4.79 Å². The molecule has 4 nitrogen and oxygen atoms in total.